The second kappa shape index (κ2) is 6.62. The molecule has 0 radical (unpaired) electrons. The molecule has 8 heteroatoms. The summed E-state index contributed by atoms with van der Waals surface area (Å²) in [4.78, 5) is 2.08. The third-order valence-electron chi connectivity index (χ3n) is 2.80. The normalized spacial score (nSPS) is 24.1. The zero-order chi connectivity index (χ0) is 12.9. The highest BCUT2D eigenvalue weighted by Gasteiger charge is 2.32. The Kier molecular flexibility index (Phi) is 5.77. The SMILES string of the molecule is COCCNS(=O)(=O)N1CCN(C)CC1CN. The number of piperazine rings is 1. The van der Waals surface area contributed by atoms with Crippen molar-refractivity contribution in [2.75, 3.05) is 53.5 Å². The molecule has 1 atom stereocenters. The number of likely N-dealkylation sites (N-methyl/N-ethyl adjacent to an activating group) is 1. The van der Waals surface area contributed by atoms with Gasteiger partial charge in [-0.3, -0.25) is 0 Å². The van der Waals surface area contributed by atoms with Gasteiger partial charge in [0, 0.05) is 39.8 Å². The lowest BCUT2D eigenvalue weighted by Gasteiger charge is -2.38. The molecule has 0 saturated carbocycles. The predicted octanol–water partition coefficient (Wildman–Crippen LogP) is -1.96. The summed E-state index contributed by atoms with van der Waals surface area (Å²) in [6.07, 6.45) is 0. The topological polar surface area (TPSA) is 87.9 Å². The Morgan fingerprint density at radius 2 is 2.18 bits per heavy atom. The van der Waals surface area contributed by atoms with E-state index in [9.17, 15) is 8.42 Å². The van der Waals surface area contributed by atoms with Gasteiger partial charge in [0.2, 0.25) is 0 Å². The van der Waals surface area contributed by atoms with Gasteiger partial charge in [0.15, 0.2) is 0 Å². The molecule has 102 valence electrons. The fraction of sp³-hybridized carbons (Fsp3) is 1.00. The van der Waals surface area contributed by atoms with E-state index in [2.05, 4.69) is 9.62 Å². The molecule has 0 aliphatic carbocycles. The highest BCUT2D eigenvalue weighted by Crippen LogP contribution is 2.11. The van der Waals surface area contributed by atoms with Crippen LogP contribution in [0.15, 0.2) is 0 Å². The Morgan fingerprint density at radius 1 is 1.47 bits per heavy atom. The first-order valence-corrected chi connectivity index (χ1v) is 7.09. The van der Waals surface area contributed by atoms with Gasteiger partial charge >= 0.3 is 0 Å². The van der Waals surface area contributed by atoms with E-state index in [-0.39, 0.29) is 12.6 Å². The Labute approximate surface area is 103 Å². The van der Waals surface area contributed by atoms with Crippen molar-refractivity contribution < 1.29 is 13.2 Å². The largest absolute Gasteiger partial charge is 0.383 e. The summed E-state index contributed by atoms with van der Waals surface area (Å²) in [5, 5.41) is 0. The van der Waals surface area contributed by atoms with Crippen LogP contribution in [0.2, 0.25) is 0 Å². The Morgan fingerprint density at radius 3 is 2.76 bits per heavy atom. The van der Waals surface area contributed by atoms with E-state index in [1.807, 2.05) is 7.05 Å². The van der Waals surface area contributed by atoms with Crippen LogP contribution in [0.1, 0.15) is 0 Å². The zero-order valence-electron chi connectivity index (χ0n) is 10.4. The summed E-state index contributed by atoms with van der Waals surface area (Å²) in [6, 6.07) is -0.159. The summed E-state index contributed by atoms with van der Waals surface area (Å²) in [7, 11) is 0.0542. The zero-order valence-corrected chi connectivity index (χ0v) is 11.2. The van der Waals surface area contributed by atoms with Gasteiger partial charge < -0.3 is 15.4 Å². The molecule has 1 unspecified atom stereocenters. The van der Waals surface area contributed by atoms with Crippen LogP contribution < -0.4 is 10.5 Å². The molecule has 1 rings (SSSR count). The van der Waals surface area contributed by atoms with Gasteiger partial charge in [-0.1, -0.05) is 0 Å². The van der Waals surface area contributed by atoms with E-state index in [0.717, 1.165) is 6.54 Å². The smallest absolute Gasteiger partial charge is 0.279 e. The summed E-state index contributed by atoms with van der Waals surface area (Å²) in [5.74, 6) is 0. The lowest BCUT2D eigenvalue weighted by atomic mass is 10.2. The standard InChI is InChI=1S/C9H22N4O3S/c1-12-4-5-13(9(7-10)8-12)17(14,15)11-3-6-16-2/h9,11H,3-8,10H2,1-2H3. The second-order valence-corrected chi connectivity index (χ2v) is 5.86. The van der Waals surface area contributed by atoms with Crippen molar-refractivity contribution in [3.05, 3.63) is 0 Å². The van der Waals surface area contributed by atoms with Crippen LogP contribution in [-0.4, -0.2) is 77.2 Å². The Hall–Kier alpha value is -0.250. The molecule has 0 aromatic rings. The minimum Gasteiger partial charge on any atom is -0.383 e. The number of hydrogen-bond donors (Lipinski definition) is 2. The average Bonchev–Trinajstić information content (AvgIpc) is 2.28. The Bertz CT molecular complexity index is 322. The van der Waals surface area contributed by atoms with Crippen molar-refractivity contribution in [3.8, 4) is 0 Å². The molecule has 7 nitrogen and oxygen atoms in total. The third-order valence-corrected chi connectivity index (χ3v) is 4.47. The predicted molar refractivity (Wildman–Crippen MR) is 65.8 cm³/mol. The van der Waals surface area contributed by atoms with E-state index in [1.54, 1.807) is 0 Å². The summed E-state index contributed by atoms with van der Waals surface area (Å²) in [6.45, 7) is 2.84. The van der Waals surface area contributed by atoms with Crippen LogP contribution in [0.4, 0.5) is 0 Å². The molecule has 1 heterocycles. The first kappa shape index (κ1) is 14.8. The lowest BCUT2D eigenvalue weighted by molar-refractivity contribution is 0.161. The minimum absolute atomic E-state index is 0.159. The molecule has 1 aliphatic heterocycles. The van der Waals surface area contributed by atoms with Crippen molar-refractivity contribution in [1.82, 2.24) is 13.9 Å². The van der Waals surface area contributed by atoms with Crippen LogP contribution >= 0.6 is 0 Å². The van der Waals surface area contributed by atoms with Crippen molar-refractivity contribution in [2.45, 2.75) is 6.04 Å². The fourth-order valence-electron chi connectivity index (χ4n) is 1.86. The highest BCUT2D eigenvalue weighted by atomic mass is 32.2. The number of rotatable bonds is 6. The third kappa shape index (κ3) is 4.16. The molecule has 0 bridgehead atoms. The summed E-state index contributed by atoms with van der Waals surface area (Å²) >= 11 is 0. The van der Waals surface area contributed by atoms with E-state index in [1.165, 1.54) is 11.4 Å². The molecule has 0 aromatic carbocycles. The first-order valence-electron chi connectivity index (χ1n) is 5.65. The van der Waals surface area contributed by atoms with Crippen molar-refractivity contribution in [3.63, 3.8) is 0 Å². The molecular weight excluding hydrogens is 244 g/mol. The maximum atomic E-state index is 12.0. The number of nitrogens with zero attached hydrogens (tertiary/aromatic N) is 2. The summed E-state index contributed by atoms with van der Waals surface area (Å²) in [5.41, 5.74) is 5.62. The van der Waals surface area contributed by atoms with E-state index in [4.69, 9.17) is 10.5 Å². The van der Waals surface area contributed by atoms with Crippen LogP contribution in [0.5, 0.6) is 0 Å². The van der Waals surface area contributed by atoms with Gasteiger partial charge in [0.25, 0.3) is 10.2 Å². The van der Waals surface area contributed by atoms with E-state index < -0.39 is 10.2 Å². The number of methoxy groups -OCH3 is 1. The van der Waals surface area contributed by atoms with Gasteiger partial charge in [0.05, 0.1) is 12.6 Å². The van der Waals surface area contributed by atoms with Crippen LogP contribution in [-0.2, 0) is 14.9 Å². The van der Waals surface area contributed by atoms with Crippen LogP contribution in [0.3, 0.4) is 0 Å². The van der Waals surface area contributed by atoms with Gasteiger partial charge in [-0.15, -0.1) is 0 Å². The summed E-state index contributed by atoms with van der Waals surface area (Å²) < 4.78 is 32.8. The average molecular weight is 266 g/mol. The minimum atomic E-state index is -3.44. The molecule has 0 amide bonds. The maximum Gasteiger partial charge on any atom is 0.279 e. The molecule has 17 heavy (non-hydrogen) atoms. The molecule has 0 spiro atoms. The number of ether oxygens (including phenoxy) is 1. The molecule has 1 saturated heterocycles. The monoisotopic (exact) mass is 266 g/mol. The number of hydrogen-bond acceptors (Lipinski definition) is 5. The van der Waals surface area contributed by atoms with Gasteiger partial charge in [0.1, 0.15) is 0 Å². The Balaban J connectivity index is 2.62. The van der Waals surface area contributed by atoms with E-state index in [0.29, 0.717) is 26.2 Å². The quantitative estimate of drug-likeness (QED) is 0.545. The molecule has 0 aromatic heterocycles. The van der Waals surface area contributed by atoms with Crippen LogP contribution in [0, 0.1) is 0 Å². The van der Waals surface area contributed by atoms with Crippen molar-refractivity contribution in [1.29, 1.82) is 0 Å². The van der Waals surface area contributed by atoms with Crippen molar-refractivity contribution >= 4 is 10.2 Å². The second-order valence-electron chi connectivity index (χ2n) is 4.15. The highest BCUT2D eigenvalue weighted by molar-refractivity contribution is 7.87. The molecule has 1 fully saturated rings. The number of nitrogens with one attached hydrogen (secondary N) is 1. The van der Waals surface area contributed by atoms with E-state index >= 15 is 0 Å². The molecular formula is C9H22N4O3S. The maximum absolute atomic E-state index is 12.0. The van der Waals surface area contributed by atoms with Gasteiger partial charge in [-0.2, -0.15) is 17.4 Å². The fourth-order valence-corrected chi connectivity index (χ4v) is 3.23. The van der Waals surface area contributed by atoms with Gasteiger partial charge in [-0.05, 0) is 7.05 Å². The molecule has 1 aliphatic rings. The van der Waals surface area contributed by atoms with Crippen LogP contribution in [0.25, 0.3) is 0 Å². The van der Waals surface area contributed by atoms with Crippen molar-refractivity contribution in [2.24, 2.45) is 5.73 Å². The van der Waals surface area contributed by atoms with Gasteiger partial charge in [-0.25, -0.2) is 0 Å². The molecule has 3 N–H and O–H groups in total. The first-order chi connectivity index (χ1) is 8.01. The number of nitrogens with two attached hydrogens (primary N) is 1. The lowest BCUT2D eigenvalue weighted by Crippen LogP contribution is -2.59.